The minimum Gasteiger partial charge on any atom is -0.320 e. The largest absolute Gasteiger partial charge is 0.332 e. The Morgan fingerprint density at radius 1 is 1.17 bits per heavy atom. The average Bonchev–Trinajstić information content (AvgIpc) is 2.74. The lowest BCUT2D eigenvalue weighted by molar-refractivity contribution is 0.591. The third-order valence-corrected chi connectivity index (χ3v) is 5.56. The predicted octanol–water partition coefficient (Wildman–Crippen LogP) is 2.62. The van der Waals surface area contributed by atoms with Crippen molar-refractivity contribution < 1.29 is 8.42 Å². The molecule has 1 aliphatic rings. The first kappa shape index (κ1) is 18.5. The van der Waals surface area contributed by atoms with Gasteiger partial charge in [0.15, 0.2) is 0 Å². The molecule has 130 valence electrons. The van der Waals surface area contributed by atoms with Gasteiger partial charge in [-0.15, -0.1) is 12.4 Å². The molecule has 1 aromatic heterocycles. The minimum atomic E-state index is -3.66. The van der Waals surface area contributed by atoms with E-state index in [0.29, 0.717) is 23.7 Å². The predicted molar refractivity (Wildman–Crippen MR) is 99.6 cm³/mol. The summed E-state index contributed by atoms with van der Waals surface area (Å²) in [4.78, 5) is 4.25. The zero-order chi connectivity index (χ0) is 16.4. The Morgan fingerprint density at radius 2 is 1.88 bits per heavy atom. The van der Waals surface area contributed by atoms with Crippen molar-refractivity contribution >= 4 is 39.8 Å². The van der Waals surface area contributed by atoms with E-state index in [9.17, 15) is 8.42 Å². The van der Waals surface area contributed by atoms with E-state index in [1.54, 1.807) is 12.3 Å². The van der Waals surface area contributed by atoms with Crippen LogP contribution >= 0.6 is 12.4 Å². The first-order valence-corrected chi connectivity index (χ1v) is 8.94. The number of nitrogens with one attached hydrogen (secondary N) is 1. The van der Waals surface area contributed by atoms with Crippen LogP contribution in [0.2, 0.25) is 0 Å². The first-order valence-electron chi connectivity index (χ1n) is 7.55. The first-order chi connectivity index (χ1) is 11.1. The maximum absolute atomic E-state index is 13.0. The highest BCUT2D eigenvalue weighted by Crippen LogP contribution is 2.44. The molecule has 0 saturated heterocycles. The maximum atomic E-state index is 13.0. The van der Waals surface area contributed by atoms with Gasteiger partial charge in [-0.3, -0.25) is 4.31 Å². The van der Waals surface area contributed by atoms with Gasteiger partial charge in [0.1, 0.15) is 5.82 Å². The topological polar surface area (TPSA) is 65.5 Å². The number of aromatic nitrogens is 1. The summed E-state index contributed by atoms with van der Waals surface area (Å²) in [5.41, 5.74) is 2.32. The molecule has 0 saturated carbocycles. The number of hydrogen-bond donors (Lipinski definition) is 1. The second-order valence-corrected chi connectivity index (χ2v) is 7.18. The van der Waals surface area contributed by atoms with Crippen molar-refractivity contribution in [3.63, 3.8) is 0 Å². The molecule has 24 heavy (non-hydrogen) atoms. The summed E-state index contributed by atoms with van der Waals surface area (Å²) < 4.78 is 28.9. The van der Waals surface area contributed by atoms with Gasteiger partial charge in [0.05, 0.1) is 11.4 Å². The molecule has 1 aromatic carbocycles. The lowest BCUT2D eigenvalue weighted by atomic mass is 10.2. The Hall–Kier alpha value is -1.83. The summed E-state index contributed by atoms with van der Waals surface area (Å²) in [6, 6.07) is 11.0. The van der Waals surface area contributed by atoms with Gasteiger partial charge >= 0.3 is 10.2 Å². The van der Waals surface area contributed by atoms with Gasteiger partial charge in [0.2, 0.25) is 0 Å². The molecule has 2 heterocycles. The van der Waals surface area contributed by atoms with Crippen LogP contribution < -0.4 is 13.9 Å². The molecule has 0 radical (unpaired) electrons. The molecule has 0 bridgehead atoms. The Bertz CT molecular complexity index is 813. The van der Waals surface area contributed by atoms with E-state index in [2.05, 4.69) is 10.3 Å². The van der Waals surface area contributed by atoms with Crippen molar-refractivity contribution in [1.29, 1.82) is 0 Å². The molecule has 3 rings (SSSR count). The zero-order valence-electron chi connectivity index (χ0n) is 13.6. The number of para-hydroxylation sites is 2. The lowest BCUT2D eigenvalue weighted by Crippen LogP contribution is -2.37. The second-order valence-electron chi connectivity index (χ2n) is 5.48. The summed E-state index contributed by atoms with van der Waals surface area (Å²) in [6.07, 6.45) is 2.37. The quantitative estimate of drug-likeness (QED) is 0.824. The van der Waals surface area contributed by atoms with E-state index in [-0.39, 0.29) is 12.4 Å². The molecule has 1 aliphatic heterocycles. The number of hydrogen-bond acceptors (Lipinski definition) is 4. The smallest absolute Gasteiger partial charge is 0.320 e. The van der Waals surface area contributed by atoms with Crippen LogP contribution in [0.5, 0.6) is 0 Å². The minimum absolute atomic E-state index is 0. The number of benzene rings is 1. The average molecular weight is 369 g/mol. The molecular formula is C16H21ClN4O2S. The van der Waals surface area contributed by atoms with Crippen LogP contribution in [0.4, 0.5) is 17.2 Å². The Labute approximate surface area is 149 Å². The van der Waals surface area contributed by atoms with E-state index in [0.717, 1.165) is 18.5 Å². The highest BCUT2D eigenvalue weighted by molar-refractivity contribution is 7.95. The number of nitrogens with zero attached hydrogens (tertiary/aromatic N) is 3. The number of halogens is 1. The number of aryl methyl sites for hydroxylation is 1. The van der Waals surface area contributed by atoms with Crippen molar-refractivity contribution in [2.24, 2.45) is 0 Å². The molecule has 6 nitrogen and oxygen atoms in total. The molecular weight excluding hydrogens is 348 g/mol. The van der Waals surface area contributed by atoms with E-state index in [1.807, 2.05) is 44.3 Å². The van der Waals surface area contributed by atoms with Crippen LogP contribution in [-0.2, 0) is 10.2 Å². The number of pyridine rings is 1. The van der Waals surface area contributed by atoms with Crippen LogP contribution in [0, 0.1) is 6.92 Å². The fourth-order valence-electron chi connectivity index (χ4n) is 2.70. The van der Waals surface area contributed by atoms with Gasteiger partial charge < -0.3 is 5.32 Å². The number of anilines is 3. The van der Waals surface area contributed by atoms with Gasteiger partial charge in [-0.2, -0.15) is 8.42 Å². The fourth-order valence-corrected chi connectivity index (χ4v) is 4.40. The monoisotopic (exact) mass is 368 g/mol. The van der Waals surface area contributed by atoms with Crippen molar-refractivity contribution in [2.75, 3.05) is 28.7 Å². The molecule has 0 aliphatic carbocycles. The second kappa shape index (κ2) is 7.38. The summed E-state index contributed by atoms with van der Waals surface area (Å²) >= 11 is 0. The van der Waals surface area contributed by atoms with Gasteiger partial charge in [0.25, 0.3) is 0 Å². The third-order valence-electron chi connectivity index (χ3n) is 3.78. The Kier molecular flexibility index (Phi) is 5.69. The van der Waals surface area contributed by atoms with Crippen molar-refractivity contribution in [1.82, 2.24) is 10.3 Å². The van der Waals surface area contributed by atoms with Gasteiger partial charge in [-0.1, -0.05) is 12.1 Å². The molecule has 0 unspecified atom stereocenters. The molecule has 0 fully saturated rings. The van der Waals surface area contributed by atoms with Crippen molar-refractivity contribution in [3.05, 3.63) is 48.2 Å². The van der Waals surface area contributed by atoms with E-state index >= 15 is 0 Å². The van der Waals surface area contributed by atoms with Gasteiger partial charge in [-0.05, 0) is 56.8 Å². The maximum Gasteiger partial charge on any atom is 0.332 e. The molecule has 0 spiro atoms. The summed E-state index contributed by atoms with van der Waals surface area (Å²) in [7, 11) is -1.80. The van der Waals surface area contributed by atoms with Crippen LogP contribution in [0.3, 0.4) is 0 Å². The van der Waals surface area contributed by atoms with Crippen LogP contribution in [0.15, 0.2) is 42.6 Å². The third kappa shape index (κ3) is 3.19. The molecule has 0 amide bonds. The molecule has 8 heteroatoms. The normalized spacial score (nSPS) is 15.1. The van der Waals surface area contributed by atoms with Gasteiger partial charge in [-0.25, -0.2) is 9.29 Å². The zero-order valence-corrected chi connectivity index (χ0v) is 15.3. The van der Waals surface area contributed by atoms with Crippen molar-refractivity contribution in [2.45, 2.75) is 13.3 Å². The van der Waals surface area contributed by atoms with E-state index < -0.39 is 10.2 Å². The Morgan fingerprint density at radius 3 is 2.54 bits per heavy atom. The lowest BCUT2D eigenvalue weighted by Gasteiger charge is -2.21. The standard InChI is InChI=1S/C16H20N4O2S.ClH/c1-13-8-10-18-16(12-13)20-15-7-4-3-6-14(15)19(23(20,21)22)11-5-9-17-2;/h3-4,6-8,10,12,17H,5,9,11H2,1-2H3;1H. The molecule has 0 atom stereocenters. The summed E-state index contributed by atoms with van der Waals surface area (Å²) in [6.45, 7) is 3.11. The fraction of sp³-hybridized carbons (Fsp3) is 0.312. The highest BCUT2D eigenvalue weighted by Gasteiger charge is 2.41. The molecule has 2 aromatic rings. The van der Waals surface area contributed by atoms with Crippen LogP contribution in [-0.4, -0.2) is 33.5 Å². The number of fused-ring (bicyclic) bond motifs is 1. The SMILES string of the molecule is CNCCCN1c2ccccc2N(c2cc(C)ccn2)S1(=O)=O.Cl. The van der Waals surface area contributed by atoms with Crippen molar-refractivity contribution in [3.8, 4) is 0 Å². The van der Waals surface area contributed by atoms with Crippen LogP contribution in [0.1, 0.15) is 12.0 Å². The summed E-state index contributed by atoms with van der Waals surface area (Å²) in [5.74, 6) is 0.425. The highest BCUT2D eigenvalue weighted by atomic mass is 35.5. The molecule has 1 N–H and O–H groups in total. The van der Waals surface area contributed by atoms with Gasteiger partial charge in [0, 0.05) is 12.7 Å². The van der Waals surface area contributed by atoms with E-state index in [1.165, 1.54) is 8.61 Å². The van der Waals surface area contributed by atoms with E-state index in [4.69, 9.17) is 0 Å². The Balaban J connectivity index is 0.00000208. The number of rotatable bonds is 5. The van der Waals surface area contributed by atoms with Crippen LogP contribution in [0.25, 0.3) is 0 Å². The summed E-state index contributed by atoms with van der Waals surface area (Å²) in [5, 5.41) is 3.05.